The summed E-state index contributed by atoms with van der Waals surface area (Å²) in [7, 11) is 1.59. The van der Waals surface area contributed by atoms with Gasteiger partial charge in [0.25, 0.3) is 5.56 Å². The Kier molecular flexibility index (Phi) is 13.5. The molecule has 3 fully saturated rings. The molecule has 2 aromatic heterocycles. The number of halogens is 2. The monoisotopic (exact) mass is 924 g/mol. The summed E-state index contributed by atoms with van der Waals surface area (Å²) in [4.78, 5) is 69.8. The maximum atomic E-state index is 15.2. The Bertz CT molecular complexity index is 2810. The number of ether oxygens (including phenoxy) is 1. The second-order valence-corrected chi connectivity index (χ2v) is 17.4. The number of aromatic nitrogens is 4. The quantitative estimate of drug-likeness (QED) is 0.124. The number of nitriles is 1. The Morgan fingerprint density at radius 3 is 2.42 bits per heavy atom. The Hall–Kier alpha value is -7.09. The number of nitrogens with zero attached hydrogens (tertiary/aromatic N) is 9. The van der Waals surface area contributed by atoms with Gasteiger partial charge in [-0.05, 0) is 80.2 Å². The van der Waals surface area contributed by atoms with Crippen LogP contribution in [0, 0.1) is 23.0 Å². The molecule has 0 radical (unpaired) electrons. The van der Waals surface area contributed by atoms with Gasteiger partial charge < -0.3 is 25.0 Å². The maximum Gasteiger partial charge on any atom is 0.269 e. The number of imide groups is 1. The highest BCUT2D eigenvalue weighted by Crippen LogP contribution is 2.39. The van der Waals surface area contributed by atoms with E-state index < -0.39 is 46.0 Å². The molecule has 2 atom stereocenters. The number of carbonyl (C=O) groups is 3. The number of rotatable bonds is 13. The molecule has 3 aliphatic rings. The third-order valence-electron chi connectivity index (χ3n) is 12.0. The van der Waals surface area contributed by atoms with E-state index in [-0.39, 0.29) is 70.1 Å². The zero-order chi connectivity index (χ0) is 46.6. The van der Waals surface area contributed by atoms with Gasteiger partial charge in [0.2, 0.25) is 23.7 Å². The van der Waals surface area contributed by atoms with E-state index in [2.05, 4.69) is 35.2 Å². The first-order chi connectivity index (χ1) is 31.8. The lowest BCUT2D eigenvalue weighted by Crippen LogP contribution is -2.52. The topological polar surface area (TPSA) is 231 Å². The molecular formula is C44H46F2N12O7S. The molecule has 3 amide bonds. The van der Waals surface area contributed by atoms with Crippen molar-refractivity contribution in [3.05, 3.63) is 94.3 Å². The SMILES string of the molecule is CCN(C)S(=O)Nc1ccc(F)c(Oc2ccc3ncn(-c4cnc(N5CCN(C(=O)CN6CCC(c7ccc(NC8CCC(=O)NC8=O)cc7F)CC6)CC5)nc4)c(=O)c3c2O)c1C#N. The van der Waals surface area contributed by atoms with Gasteiger partial charge in [0, 0.05) is 51.9 Å². The van der Waals surface area contributed by atoms with Gasteiger partial charge in [-0.2, -0.15) is 5.26 Å². The molecule has 22 heteroatoms. The predicted octanol–water partition coefficient (Wildman–Crippen LogP) is 3.51. The van der Waals surface area contributed by atoms with E-state index in [9.17, 15) is 33.8 Å². The zero-order valence-corrected chi connectivity index (χ0v) is 36.8. The number of carbonyl (C=O) groups excluding carboxylic acids is 3. The van der Waals surface area contributed by atoms with Crippen molar-refractivity contribution in [2.24, 2.45) is 0 Å². The fourth-order valence-electron chi connectivity index (χ4n) is 8.12. The average molecular weight is 925 g/mol. The largest absolute Gasteiger partial charge is 0.504 e. The number of nitrogens with one attached hydrogen (secondary N) is 3. The van der Waals surface area contributed by atoms with E-state index in [1.807, 2.05) is 11.0 Å². The molecule has 5 aromatic rings. The van der Waals surface area contributed by atoms with E-state index in [0.717, 1.165) is 10.6 Å². The van der Waals surface area contributed by atoms with Crippen LogP contribution in [0.4, 0.5) is 26.1 Å². The van der Waals surface area contributed by atoms with Crippen molar-refractivity contribution in [1.82, 2.24) is 38.9 Å². The molecule has 8 rings (SSSR count). The lowest BCUT2D eigenvalue weighted by molar-refractivity contribution is -0.134. The van der Waals surface area contributed by atoms with Crippen LogP contribution >= 0.6 is 0 Å². The van der Waals surface area contributed by atoms with Gasteiger partial charge in [0.15, 0.2) is 34.2 Å². The number of benzene rings is 3. The zero-order valence-electron chi connectivity index (χ0n) is 36.0. The predicted molar refractivity (Wildman–Crippen MR) is 239 cm³/mol. The van der Waals surface area contributed by atoms with Gasteiger partial charge in [0.1, 0.15) is 35.2 Å². The smallest absolute Gasteiger partial charge is 0.269 e. The first-order valence-corrected chi connectivity index (χ1v) is 22.4. The van der Waals surface area contributed by atoms with Crippen LogP contribution in [0.25, 0.3) is 16.6 Å². The molecule has 0 aliphatic carbocycles. The van der Waals surface area contributed by atoms with E-state index in [0.29, 0.717) is 82.3 Å². The fraction of sp³-hybridized carbons (Fsp3) is 0.364. The van der Waals surface area contributed by atoms with Gasteiger partial charge in [-0.3, -0.25) is 38.7 Å². The summed E-state index contributed by atoms with van der Waals surface area (Å²) in [5.74, 6) is -3.18. The van der Waals surface area contributed by atoms with Crippen LogP contribution in [-0.2, 0) is 25.6 Å². The molecule has 5 heterocycles. The minimum absolute atomic E-state index is 0.00583. The molecule has 3 aromatic carbocycles. The normalized spacial score (nSPS) is 17.7. The molecule has 0 saturated carbocycles. The Morgan fingerprint density at radius 2 is 1.74 bits per heavy atom. The van der Waals surface area contributed by atoms with E-state index in [4.69, 9.17) is 4.74 Å². The number of hydrogen-bond acceptors (Lipinski definition) is 14. The molecule has 0 spiro atoms. The lowest BCUT2D eigenvalue weighted by atomic mass is 9.89. The van der Waals surface area contributed by atoms with Crippen molar-refractivity contribution in [3.63, 3.8) is 0 Å². The van der Waals surface area contributed by atoms with Crippen LogP contribution < -0.4 is 30.6 Å². The van der Waals surface area contributed by atoms with E-state index in [1.165, 1.54) is 47.3 Å². The molecular weight excluding hydrogens is 879 g/mol. The molecule has 4 N–H and O–H groups in total. The number of piperazine rings is 1. The number of amides is 3. The summed E-state index contributed by atoms with van der Waals surface area (Å²) in [5, 5.41) is 26.2. The third kappa shape index (κ3) is 9.63. The van der Waals surface area contributed by atoms with Gasteiger partial charge in [-0.25, -0.2) is 32.2 Å². The number of piperidine rings is 2. The number of phenols is 1. The second kappa shape index (κ2) is 19.6. The summed E-state index contributed by atoms with van der Waals surface area (Å²) in [6.07, 6.45) is 6.06. The van der Waals surface area contributed by atoms with Crippen molar-refractivity contribution >= 4 is 57.1 Å². The summed E-state index contributed by atoms with van der Waals surface area (Å²) >= 11 is -1.75. The van der Waals surface area contributed by atoms with Gasteiger partial charge in [0.05, 0.1) is 35.8 Å². The third-order valence-corrected chi connectivity index (χ3v) is 13.2. The molecule has 3 aliphatic heterocycles. The summed E-state index contributed by atoms with van der Waals surface area (Å²) in [6.45, 7) is 5.54. The highest BCUT2D eigenvalue weighted by atomic mass is 32.2. The molecule has 66 heavy (non-hydrogen) atoms. The Morgan fingerprint density at radius 1 is 1.00 bits per heavy atom. The molecule has 3 saturated heterocycles. The van der Waals surface area contributed by atoms with Crippen LogP contribution in [0.3, 0.4) is 0 Å². The first-order valence-electron chi connectivity index (χ1n) is 21.3. The number of likely N-dealkylation sites (tertiary alicyclic amines) is 1. The number of phenolic OH excluding ortho intramolecular Hbond substituents is 1. The van der Waals surface area contributed by atoms with E-state index >= 15 is 8.78 Å². The minimum atomic E-state index is -1.75. The molecule has 344 valence electrons. The summed E-state index contributed by atoms with van der Waals surface area (Å²) < 4.78 is 53.9. The maximum absolute atomic E-state index is 15.2. The Labute approximate surface area is 379 Å². The number of hydrogen-bond donors (Lipinski definition) is 4. The molecule has 19 nitrogen and oxygen atoms in total. The van der Waals surface area contributed by atoms with Crippen molar-refractivity contribution in [2.75, 3.05) is 74.3 Å². The molecule has 0 bridgehead atoms. The van der Waals surface area contributed by atoms with Crippen LogP contribution in [-0.4, -0.2) is 126 Å². The highest BCUT2D eigenvalue weighted by molar-refractivity contribution is 7.84. The van der Waals surface area contributed by atoms with Crippen molar-refractivity contribution in [2.45, 2.75) is 44.6 Å². The van der Waals surface area contributed by atoms with Gasteiger partial charge >= 0.3 is 0 Å². The van der Waals surface area contributed by atoms with Gasteiger partial charge in [-0.1, -0.05) is 13.0 Å². The minimum Gasteiger partial charge on any atom is -0.504 e. The summed E-state index contributed by atoms with van der Waals surface area (Å²) in [6, 6.07) is 11.1. The Balaban J connectivity index is 0.854. The summed E-state index contributed by atoms with van der Waals surface area (Å²) in [5.41, 5.74) is 0.451. The van der Waals surface area contributed by atoms with Crippen molar-refractivity contribution < 1.29 is 37.2 Å². The fourth-order valence-corrected chi connectivity index (χ4v) is 8.87. The number of fused-ring (bicyclic) bond motifs is 1. The number of anilines is 3. The highest BCUT2D eigenvalue weighted by Gasteiger charge is 2.30. The van der Waals surface area contributed by atoms with Crippen molar-refractivity contribution in [1.29, 1.82) is 5.26 Å². The van der Waals surface area contributed by atoms with Crippen LogP contribution in [0.15, 0.2) is 66.0 Å². The second-order valence-electron chi connectivity index (χ2n) is 16.1. The standard InChI is InChI=1S/C44H46F2N12O7S/c1-3-54(2)66(64)53-33-7-6-31(45)41(30(33)21-47)65-36-10-8-34-39(40(36)61)43(63)58(25-50-34)28-22-48-44(49-23-28)57-18-16-56(17-19-57)38(60)24-55-14-12-26(13-15-55)29-5-4-27(20-32(29)46)51-35-9-11-37(59)52-42(35)62/h4-8,10,20,22-23,25-26,35,51,53,61H,3,9,11-19,24H2,1-2H3,(H,52,59,62). The van der Waals surface area contributed by atoms with Gasteiger partial charge in [-0.15, -0.1) is 0 Å². The van der Waals surface area contributed by atoms with Crippen molar-refractivity contribution in [3.8, 4) is 29.0 Å². The van der Waals surface area contributed by atoms with Crippen LogP contribution in [0.2, 0.25) is 0 Å². The van der Waals surface area contributed by atoms with Crippen LogP contribution in [0.1, 0.15) is 49.7 Å². The molecule has 2 unspecified atom stereocenters. The average Bonchev–Trinajstić information content (AvgIpc) is 3.32. The number of aromatic hydroxyl groups is 1. The lowest BCUT2D eigenvalue weighted by Gasteiger charge is -2.37. The van der Waals surface area contributed by atoms with Crippen LogP contribution in [0.5, 0.6) is 17.2 Å². The van der Waals surface area contributed by atoms with E-state index in [1.54, 1.807) is 31.0 Å². The first kappa shape index (κ1) is 45.5.